The average molecular weight is 484 g/mol. The van der Waals surface area contributed by atoms with Gasteiger partial charge in [0.2, 0.25) is 0 Å². The predicted molar refractivity (Wildman–Crippen MR) is 147 cm³/mol. The number of unbranched alkanes of at least 4 members (excludes halogenated alkanes) is 2. The summed E-state index contributed by atoms with van der Waals surface area (Å²) in [6.45, 7) is 8.40. The molecule has 1 aromatic heterocycles. The normalized spacial score (nSPS) is 11.2. The Morgan fingerprint density at radius 1 is 0.944 bits per heavy atom. The van der Waals surface area contributed by atoms with Crippen LogP contribution in [0.5, 0.6) is 5.75 Å². The van der Waals surface area contributed by atoms with Crippen LogP contribution in [0.1, 0.15) is 66.3 Å². The molecule has 0 atom stereocenters. The first-order valence-corrected chi connectivity index (χ1v) is 13.0. The summed E-state index contributed by atoms with van der Waals surface area (Å²) in [4.78, 5) is 17.3. The highest BCUT2D eigenvalue weighted by atomic mass is 16.5. The van der Waals surface area contributed by atoms with Crippen molar-refractivity contribution in [1.82, 2.24) is 14.9 Å². The van der Waals surface area contributed by atoms with E-state index in [4.69, 9.17) is 9.72 Å². The minimum absolute atomic E-state index is 0.00809. The highest BCUT2D eigenvalue weighted by molar-refractivity contribution is 5.95. The standard InChI is InChI=1S/C31H37N3O2/c1-23(2)25-16-18-26(19-17-25)36-22-21-34-29-14-9-8-13-28(29)33-30(34)15-5-4-10-20-32-31(35)27-12-7-6-11-24(27)3/h6-9,11-14,16-19,23H,4-5,10,15,20-22H2,1-3H3,(H,32,35). The Balaban J connectivity index is 1.27. The molecule has 0 aliphatic carbocycles. The number of rotatable bonds is 12. The van der Waals surface area contributed by atoms with Crippen LogP contribution in [0.15, 0.2) is 72.8 Å². The third-order valence-corrected chi connectivity index (χ3v) is 6.62. The van der Waals surface area contributed by atoms with Crippen LogP contribution in [0.25, 0.3) is 11.0 Å². The highest BCUT2D eigenvalue weighted by Crippen LogP contribution is 2.20. The van der Waals surface area contributed by atoms with Gasteiger partial charge < -0.3 is 14.6 Å². The molecule has 0 bridgehead atoms. The summed E-state index contributed by atoms with van der Waals surface area (Å²) < 4.78 is 8.34. The molecule has 5 nitrogen and oxygen atoms in total. The lowest BCUT2D eigenvalue weighted by Gasteiger charge is -2.12. The molecule has 1 N–H and O–H groups in total. The van der Waals surface area contributed by atoms with Gasteiger partial charge in [-0.05, 0) is 67.1 Å². The van der Waals surface area contributed by atoms with Crippen LogP contribution in [0.3, 0.4) is 0 Å². The quantitative estimate of drug-likeness (QED) is 0.228. The van der Waals surface area contributed by atoms with Gasteiger partial charge in [0, 0.05) is 18.5 Å². The number of nitrogens with zero attached hydrogens (tertiary/aromatic N) is 2. The van der Waals surface area contributed by atoms with Crippen molar-refractivity contribution < 1.29 is 9.53 Å². The summed E-state index contributed by atoms with van der Waals surface area (Å²) in [5.41, 5.74) is 5.26. The van der Waals surface area contributed by atoms with Crippen molar-refractivity contribution in [1.29, 1.82) is 0 Å². The van der Waals surface area contributed by atoms with Crippen molar-refractivity contribution in [2.75, 3.05) is 13.2 Å². The SMILES string of the molecule is Cc1ccccc1C(=O)NCCCCCc1nc2ccccc2n1CCOc1ccc(C(C)C)cc1. The van der Waals surface area contributed by atoms with Crippen LogP contribution in [0.2, 0.25) is 0 Å². The molecule has 1 amide bonds. The minimum Gasteiger partial charge on any atom is -0.492 e. The van der Waals surface area contributed by atoms with Gasteiger partial charge in [-0.1, -0.05) is 62.7 Å². The zero-order chi connectivity index (χ0) is 25.3. The number of fused-ring (bicyclic) bond motifs is 1. The molecule has 5 heteroatoms. The van der Waals surface area contributed by atoms with E-state index in [0.717, 1.165) is 66.0 Å². The van der Waals surface area contributed by atoms with Crippen LogP contribution >= 0.6 is 0 Å². The minimum atomic E-state index is 0.00809. The first-order valence-electron chi connectivity index (χ1n) is 13.0. The summed E-state index contributed by atoms with van der Waals surface area (Å²) in [7, 11) is 0. The van der Waals surface area contributed by atoms with Crippen LogP contribution < -0.4 is 10.1 Å². The Bertz CT molecular complexity index is 1270. The Morgan fingerprint density at radius 2 is 1.69 bits per heavy atom. The topological polar surface area (TPSA) is 56.2 Å². The average Bonchev–Trinajstić information content (AvgIpc) is 3.24. The first kappa shape index (κ1) is 25.5. The number of para-hydroxylation sites is 2. The number of carbonyl (C=O) groups is 1. The molecule has 0 aliphatic rings. The van der Waals surface area contributed by atoms with Crippen LogP contribution in [-0.2, 0) is 13.0 Å². The molecule has 0 saturated carbocycles. The van der Waals surface area contributed by atoms with Crippen LogP contribution in [0.4, 0.5) is 0 Å². The third kappa shape index (κ3) is 6.54. The summed E-state index contributed by atoms with van der Waals surface area (Å²) in [5, 5.41) is 3.05. The van der Waals surface area contributed by atoms with Crippen LogP contribution in [0, 0.1) is 6.92 Å². The fourth-order valence-corrected chi connectivity index (χ4v) is 4.48. The van der Waals surface area contributed by atoms with Gasteiger partial charge in [0.25, 0.3) is 5.91 Å². The molecular weight excluding hydrogens is 446 g/mol. The number of aryl methyl sites for hydroxylation is 2. The van der Waals surface area contributed by atoms with Gasteiger partial charge in [-0.2, -0.15) is 0 Å². The van der Waals surface area contributed by atoms with E-state index in [2.05, 4.69) is 66.2 Å². The maximum atomic E-state index is 12.4. The lowest BCUT2D eigenvalue weighted by atomic mass is 10.0. The lowest BCUT2D eigenvalue weighted by Crippen LogP contribution is -2.25. The number of nitrogens with one attached hydrogen (secondary N) is 1. The largest absolute Gasteiger partial charge is 0.492 e. The molecule has 4 rings (SSSR count). The molecule has 0 aliphatic heterocycles. The number of hydrogen-bond donors (Lipinski definition) is 1. The van der Waals surface area contributed by atoms with Crippen molar-refractivity contribution in [3.63, 3.8) is 0 Å². The van der Waals surface area contributed by atoms with Gasteiger partial charge in [0.05, 0.1) is 17.6 Å². The Hall–Kier alpha value is -3.60. The monoisotopic (exact) mass is 483 g/mol. The Morgan fingerprint density at radius 3 is 2.47 bits per heavy atom. The molecule has 188 valence electrons. The van der Waals surface area contributed by atoms with Crippen molar-refractivity contribution in [3.8, 4) is 5.75 Å². The molecule has 0 saturated heterocycles. The van der Waals surface area contributed by atoms with E-state index in [-0.39, 0.29) is 5.91 Å². The van der Waals surface area contributed by atoms with Crippen LogP contribution in [-0.4, -0.2) is 28.6 Å². The van der Waals surface area contributed by atoms with Crippen molar-refractivity contribution >= 4 is 16.9 Å². The molecule has 0 fully saturated rings. The highest BCUT2D eigenvalue weighted by Gasteiger charge is 2.11. The molecule has 3 aromatic carbocycles. The maximum Gasteiger partial charge on any atom is 0.251 e. The second-order valence-electron chi connectivity index (χ2n) is 9.62. The van der Waals surface area contributed by atoms with E-state index in [9.17, 15) is 4.79 Å². The fraction of sp³-hybridized carbons (Fsp3) is 0.355. The number of imidazole rings is 1. The molecule has 0 radical (unpaired) electrons. The van der Waals surface area contributed by atoms with E-state index in [1.807, 2.05) is 37.3 Å². The molecular formula is C31H37N3O2. The lowest BCUT2D eigenvalue weighted by molar-refractivity contribution is 0.0952. The predicted octanol–water partition coefficient (Wildman–Crippen LogP) is 6.69. The van der Waals surface area contributed by atoms with E-state index in [0.29, 0.717) is 19.1 Å². The van der Waals surface area contributed by atoms with Crippen molar-refractivity contribution in [2.45, 2.75) is 58.9 Å². The van der Waals surface area contributed by atoms with E-state index >= 15 is 0 Å². The van der Waals surface area contributed by atoms with Gasteiger partial charge in [-0.15, -0.1) is 0 Å². The summed E-state index contributed by atoms with van der Waals surface area (Å²) in [6, 6.07) is 24.4. The number of benzene rings is 3. The zero-order valence-electron chi connectivity index (χ0n) is 21.7. The zero-order valence-corrected chi connectivity index (χ0v) is 21.7. The maximum absolute atomic E-state index is 12.4. The summed E-state index contributed by atoms with van der Waals surface area (Å²) >= 11 is 0. The fourth-order valence-electron chi connectivity index (χ4n) is 4.48. The van der Waals surface area contributed by atoms with Gasteiger partial charge in [-0.25, -0.2) is 4.98 Å². The number of ether oxygens (including phenoxy) is 1. The number of carbonyl (C=O) groups excluding carboxylic acids is 1. The number of amides is 1. The van der Waals surface area contributed by atoms with Gasteiger partial charge in [0.15, 0.2) is 0 Å². The van der Waals surface area contributed by atoms with Gasteiger partial charge in [0.1, 0.15) is 18.2 Å². The summed E-state index contributed by atoms with van der Waals surface area (Å²) in [5.74, 6) is 2.52. The molecule has 0 spiro atoms. The molecule has 36 heavy (non-hydrogen) atoms. The molecule has 1 heterocycles. The van der Waals surface area contributed by atoms with E-state index in [1.165, 1.54) is 5.56 Å². The Kier molecular flexibility index (Phi) is 8.77. The second kappa shape index (κ2) is 12.4. The van der Waals surface area contributed by atoms with Gasteiger partial charge in [-0.3, -0.25) is 4.79 Å². The number of aromatic nitrogens is 2. The third-order valence-electron chi connectivity index (χ3n) is 6.62. The van der Waals surface area contributed by atoms with E-state index in [1.54, 1.807) is 0 Å². The second-order valence-corrected chi connectivity index (χ2v) is 9.62. The summed E-state index contributed by atoms with van der Waals surface area (Å²) in [6.07, 6.45) is 3.92. The smallest absolute Gasteiger partial charge is 0.251 e. The molecule has 4 aromatic rings. The Labute approximate surface area is 214 Å². The van der Waals surface area contributed by atoms with Crippen molar-refractivity contribution in [2.24, 2.45) is 0 Å². The van der Waals surface area contributed by atoms with Crippen molar-refractivity contribution in [3.05, 3.63) is 95.3 Å². The molecule has 0 unspecified atom stereocenters. The number of hydrogen-bond acceptors (Lipinski definition) is 3. The first-order chi connectivity index (χ1) is 17.5. The van der Waals surface area contributed by atoms with E-state index < -0.39 is 0 Å². The van der Waals surface area contributed by atoms with Gasteiger partial charge >= 0.3 is 0 Å².